The lowest BCUT2D eigenvalue weighted by Crippen LogP contribution is -2.46. The topological polar surface area (TPSA) is 58.3 Å². The van der Waals surface area contributed by atoms with Crippen molar-refractivity contribution < 1.29 is 5.11 Å². The second-order valence-corrected chi connectivity index (χ2v) is 9.77. The van der Waals surface area contributed by atoms with Crippen molar-refractivity contribution in [1.82, 2.24) is 5.32 Å². The molecule has 0 saturated heterocycles. The molecule has 3 unspecified atom stereocenters. The van der Waals surface area contributed by atoms with Crippen LogP contribution < -0.4 is 16.4 Å². The smallest absolute Gasteiger partial charge is 0.129 e. The molecule has 1 aromatic carbocycles. The average molecular weight is 402 g/mol. The molecule has 0 spiro atoms. The maximum absolute atomic E-state index is 10.2. The fourth-order valence-electron chi connectivity index (χ4n) is 2.74. The molecular formula is C14H21BIN2OP. The van der Waals surface area contributed by atoms with E-state index in [0.29, 0.717) is 18.3 Å². The number of benzene rings is 1. The van der Waals surface area contributed by atoms with Gasteiger partial charge in [0.15, 0.2) is 0 Å². The summed E-state index contributed by atoms with van der Waals surface area (Å²) in [5.74, 6) is 0.374. The van der Waals surface area contributed by atoms with Gasteiger partial charge >= 0.3 is 0 Å². The number of aromatic hydroxyl groups is 1. The van der Waals surface area contributed by atoms with E-state index < -0.39 is 5.44 Å². The second-order valence-electron chi connectivity index (χ2n) is 5.52. The first-order chi connectivity index (χ1) is 9.49. The van der Waals surface area contributed by atoms with Crippen LogP contribution in [-0.4, -0.2) is 24.8 Å². The van der Waals surface area contributed by atoms with Crippen molar-refractivity contribution in [2.45, 2.75) is 51.2 Å². The van der Waals surface area contributed by atoms with E-state index in [1.807, 2.05) is 19.1 Å². The van der Waals surface area contributed by atoms with Crippen LogP contribution in [0.5, 0.6) is 5.75 Å². The number of hydrogen-bond acceptors (Lipinski definition) is 3. The van der Waals surface area contributed by atoms with E-state index in [0.717, 1.165) is 29.3 Å². The number of aryl methyl sites for hydroxylation is 1. The van der Waals surface area contributed by atoms with Crippen molar-refractivity contribution in [3.63, 3.8) is 0 Å². The molecule has 1 fully saturated rings. The van der Waals surface area contributed by atoms with Crippen LogP contribution in [0.3, 0.4) is 0 Å². The first kappa shape index (κ1) is 16.5. The van der Waals surface area contributed by atoms with E-state index in [4.69, 9.17) is 13.3 Å². The third-order valence-corrected chi connectivity index (χ3v) is 6.41. The van der Waals surface area contributed by atoms with Gasteiger partial charge in [0.25, 0.3) is 0 Å². The number of phenolic OH excluding ortho intramolecular Hbond substituents is 1. The predicted octanol–water partition coefficient (Wildman–Crippen LogP) is 2.60. The molecule has 0 aliphatic heterocycles. The van der Waals surface area contributed by atoms with Crippen LogP contribution in [0.15, 0.2) is 12.1 Å². The van der Waals surface area contributed by atoms with Gasteiger partial charge in [0, 0.05) is 24.2 Å². The SMILES string of the molecule is [B]P(I)c1cc(C)c(O)c(CNC2CCCCC2N)c1. The van der Waals surface area contributed by atoms with Gasteiger partial charge in [-0.15, -0.1) is 0 Å². The quantitative estimate of drug-likeness (QED) is 0.413. The van der Waals surface area contributed by atoms with Crippen LogP contribution in [0.1, 0.15) is 36.8 Å². The summed E-state index contributed by atoms with van der Waals surface area (Å²) in [6.45, 7) is 2.57. The summed E-state index contributed by atoms with van der Waals surface area (Å²) in [5, 5.41) is 14.8. The van der Waals surface area contributed by atoms with Gasteiger partial charge in [0.05, 0.1) is 0 Å². The maximum Gasteiger partial charge on any atom is 0.129 e. The molecule has 0 amide bonds. The van der Waals surface area contributed by atoms with Crippen LogP contribution in [0.4, 0.5) is 0 Å². The molecule has 1 aliphatic carbocycles. The lowest BCUT2D eigenvalue weighted by Gasteiger charge is -2.29. The molecule has 0 bridgehead atoms. The van der Waals surface area contributed by atoms with Crippen LogP contribution >= 0.6 is 27.5 Å². The van der Waals surface area contributed by atoms with Crippen LogP contribution in [-0.2, 0) is 6.54 Å². The molecule has 108 valence electrons. The van der Waals surface area contributed by atoms with Gasteiger partial charge < -0.3 is 16.2 Å². The average Bonchev–Trinajstić information content (AvgIpc) is 2.41. The highest BCUT2D eigenvalue weighted by atomic mass is 127. The zero-order valence-electron chi connectivity index (χ0n) is 11.8. The molecule has 3 nitrogen and oxygen atoms in total. The van der Waals surface area contributed by atoms with Gasteiger partial charge in [-0.05, 0) is 42.8 Å². The van der Waals surface area contributed by atoms with E-state index in [9.17, 15) is 5.11 Å². The Morgan fingerprint density at radius 1 is 1.45 bits per heavy atom. The van der Waals surface area contributed by atoms with Crippen molar-refractivity contribution in [3.8, 4) is 5.75 Å². The van der Waals surface area contributed by atoms with Gasteiger partial charge in [-0.2, -0.15) is 0 Å². The fourth-order valence-corrected chi connectivity index (χ4v) is 4.18. The monoisotopic (exact) mass is 402 g/mol. The molecule has 1 aromatic rings. The Hall–Kier alpha value is 0.165. The van der Waals surface area contributed by atoms with E-state index in [-0.39, 0.29) is 6.04 Å². The van der Waals surface area contributed by atoms with E-state index in [2.05, 4.69) is 27.4 Å². The van der Waals surface area contributed by atoms with Gasteiger partial charge in [-0.3, -0.25) is 0 Å². The summed E-state index contributed by atoms with van der Waals surface area (Å²) in [5.41, 5.74) is 7.29. The molecule has 0 heterocycles. The first-order valence-corrected chi connectivity index (χ1v) is 11.2. The zero-order valence-corrected chi connectivity index (χ0v) is 14.8. The highest BCUT2D eigenvalue weighted by Crippen LogP contribution is 2.39. The molecule has 3 atom stereocenters. The molecule has 2 rings (SSSR count). The van der Waals surface area contributed by atoms with E-state index in [1.54, 1.807) is 0 Å². The highest BCUT2D eigenvalue weighted by Gasteiger charge is 2.21. The normalized spacial score (nSPS) is 24.6. The molecule has 1 saturated carbocycles. The Morgan fingerprint density at radius 2 is 2.15 bits per heavy atom. The Kier molecular flexibility index (Phi) is 6.15. The third kappa shape index (κ3) is 4.09. The Morgan fingerprint density at radius 3 is 2.80 bits per heavy atom. The Bertz CT molecular complexity index is 473. The van der Waals surface area contributed by atoms with Crippen molar-refractivity contribution in [3.05, 3.63) is 23.3 Å². The summed E-state index contributed by atoms with van der Waals surface area (Å²) in [4.78, 5) is 0. The van der Waals surface area contributed by atoms with E-state index in [1.165, 1.54) is 12.8 Å². The fraction of sp³-hybridized carbons (Fsp3) is 0.571. The number of nitrogens with two attached hydrogens (primary N) is 1. The zero-order chi connectivity index (χ0) is 14.7. The van der Waals surface area contributed by atoms with Crippen LogP contribution in [0, 0.1) is 6.92 Å². The van der Waals surface area contributed by atoms with Crippen molar-refractivity contribution >= 4 is 40.4 Å². The highest BCUT2D eigenvalue weighted by molar-refractivity contribution is 14.2. The van der Waals surface area contributed by atoms with Crippen molar-refractivity contribution in [1.29, 1.82) is 0 Å². The summed E-state index contributed by atoms with van der Waals surface area (Å²) in [6.07, 6.45) is 4.67. The number of hydrogen-bond donors (Lipinski definition) is 3. The van der Waals surface area contributed by atoms with Gasteiger partial charge in [-0.1, -0.05) is 40.3 Å². The molecule has 20 heavy (non-hydrogen) atoms. The third-order valence-electron chi connectivity index (χ3n) is 3.98. The minimum Gasteiger partial charge on any atom is -0.507 e. The summed E-state index contributed by atoms with van der Waals surface area (Å²) < 4.78 is 0. The minimum atomic E-state index is -0.668. The largest absolute Gasteiger partial charge is 0.507 e. The predicted molar refractivity (Wildman–Crippen MR) is 96.2 cm³/mol. The van der Waals surface area contributed by atoms with Crippen LogP contribution in [0.2, 0.25) is 0 Å². The van der Waals surface area contributed by atoms with Gasteiger partial charge in [0.2, 0.25) is 0 Å². The summed E-state index contributed by atoms with van der Waals surface area (Å²) in [7, 11) is 5.99. The van der Waals surface area contributed by atoms with Gasteiger partial charge in [0.1, 0.15) is 13.3 Å². The standard InChI is InChI=1S/C14H21BIN2OP/c1-9-6-11(20(15)16)7-10(14(9)19)8-18-13-5-3-2-4-12(13)17/h6-7,12-13,18-19H,2-5,8,17H2,1H3. The minimum absolute atomic E-state index is 0.228. The second kappa shape index (κ2) is 7.43. The number of rotatable bonds is 4. The Balaban J connectivity index is 2.08. The Labute approximate surface area is 136 Å². The molecule has 0 aromatic heterocycles. The summed E-state index contributed by atoms with van der Waals surface area (Å²) >= 11 is 2.25. The number of phenols is 1. The molecule has 1 aliphatic rings. The van der Waals surface area contributed by atoms with E-state index >= 15 is 0 Å². The molecular weight excluding hydrogens is 381 g/mol. The number of halogens is 1. The van der Waals surface area contributed by atoms with Gasteiger partial charge in [-0.25, -0.2) is 0 Å². The van der Waals surface area contributed by atoms with Crippen molar-refractivity contribution in [2.75, 3.05) is 0 Å². The lowest BCUT2D eigenvalue weighted by atomic mass is 9.91. The lowest BCUT2D eigenvalue weighted by molar-refractivity contribution is 0.325. The molecule has 4 N–H and O–H groups in total. The first-order valence-electron chi connectivity index (χ1n) is 7.01. The van der Waals surface area contributed by atoms with Crippen molar-refractivity contribution in [2.24, 2.45) is 5.73 Å². The molecule has 2 radical (unpaired) electrons. The number of nitrogens with one attached hydrogen (secondary N) is 1. The maximum atomic E-state index is 10.2. The van der Waals surface area contributed by atoms with Crippen LogP contribution in [0.25, 0.3) is 0 Å². The molecule has 6 heteroatoms. The summed E-state index contributed by atoms with van der Waals surface area (Å²) in [6, 6.07) is 4.57.